The number of fused-ring (bicyclic) bond motifs is 1. The predicted octanol–water partition coefficient (Wildman–Crippen LogP) is 2.98. The molecule has 7 nitrogen and oxygen atoms in total. The van der Waals surface area contributed by atoms with Gasteiger partial charge >= 0.3 is 0 Å². The first-order valence-corrected chi connectivity index (χ1v) is 8.92. The van der Waals surface area contributed by atoms with Crippen molar-refractivity contribution in [3.05, 3.63) is 59.8 Å². The van der Waals surface area contributed by atoms with Crippen molar-refractivity contribution in [1.29, 1.82) is 0 Å². The zero-order chi connectivity index (χ0) is 17.7. The van der Waals surface area contributed by atoms with Gasteiger partial charge in [0.2, 0.25) is 0 Å². The fourth-order valence-corrected chi connectivity index (χ4v) is 3.54. The molecule has 0 aromatic carbocycles. The van der Waals surface area contributed by atoms with E-state index >= 15 is 0 Å². The minimum Gasteiger partial charge on any atom is -0.263 e. The molecular formula is C19H19N7. The van der Waals surface area contributed by atoms with Crippen molar-refractivity contribution in [3.8, 4) is 11.4 Å². The molecule has 1 aliphatic rings. The van der Waals surface area contributed by atoms with Crippen molar-refractivity contribution < 1.29 is 0 Å². The molecular weight excluding hydrogens is 326 g/mol. The summed E-state index contributed by atoms with van der Waals surface area (Å²) in [6.45, 7) is 4.81. The molecule has 1 saturated carbocycles. The lowest BCUT2D eigenvalue weighted by Crippen LogP contribution is -2.03. The Morgan fingerprint density at radius 1 is 1.04 bits per heavy atom. The average Bonchev–Trinajstić information content (AvgIpc) is 3.24. The highest BCUT2D eigenvalue weighted by Crippen LogP contribution is 2.53. The number of aromatic nitrogens is 7. The first-order chi connectivity index (χ1) is 12.7. The van der Waals surface area contributed by atoms with Crippen LogP contribution in [-0.2, 0) is 6.54 Å². The van der Waals surface area contributed by atoms with Crippen molar-refractivity contribution >= 4 is 5.65 Å². The first kappa shape index (κ1) is 15.2. The molecule has 4 aromatic rings. The lowest BCUT2D eigenvalue weighted by atomic mass is 10.1. The number of pyridine rings is 1. The van der Waals surface area contributed by atoms with E-state index in [9.17, 15) is 0 Å². The van der Waals surface area contributed by atoms with E-state index in [4.69, 9.17) is 10.2 Å². The molecule has 0 spiro atoms. The molecule has 130 valence electrons. The van der Waals surface area contributed by atoms with E-state index in [0.717, 1.165) is 47.2 Å². The molecule has 0 saturated heterocycles. The van der Waals surface area contributed by atoms with Crippen LogP contribution in [0.4, 0.5) is 0 Å². The van der Waals surface area contributed by atoms with Gasteiger partial charge in [0.15, 0.2) is 11.5 Å². The summed E-state index contributed by atoms with van der Waals surface area (Å²) in [5.41, 5.74) is 4.95. The van der Waals surface area contributed by atoms with Crippen molar-refractivity contribution in [1.82, 2.24) is 34.6 Å². The Labute approximate surface area is 150 Å². The van der Waals surface area contributed by atoms with Gasteiger partial charge in [0, 0.05) is 30.3 Å². The highest BCUT2D eigenvalue weighted by molar-refractivity contribution is 5.57. The van der Waals surface area contributed by atoms with Gasteiger partial charge in [-0.1, -0.05) is 6.07 Å². The third-order valence-electron chi connectivity index (χ3n) is 5.02. The van der Waals surface area contributed by atoms with Gasteiger partial charge in [-0.15, -0.1) is 10.2 Å². The summed E-state index contributed by atoms with van der Waals surface area (Å²) in [5, 5.41) is 17.7. The van der Waals surface area contributed by atoms with E-state index in [1.54, 1.807) is 4.52 Å². The standard InChI is InChI=1S/C19H19N7/c1-3-25-18(16-7-8-19-22-21-12(2)26(19)24-16)11-17(23-25)14-10-13(14)15-6-4-5-9-20-15/h4-9,11,13-14H,3,10H2,1-2H3. The summed E-state index contributed by atoms with van der Waals surface area (Å²) in [6.07, 6.45) is 2.97. The van der Waals surface area contributed by atoms with Gasteiger partial charge in [-0.25, -0.2) is 0 Å². The van der Waals surface area contributed by atoms with Crippen LogP contribution in [0.2, 0.25) is 0 Å². The van der Waals surface area contributed by atoms with Crippen LogP contribution in [0.1, 0.15) is 42.4 Å². The summed E-state index contributed by atoms with van der Waals surface area (Å²) in [5.74, 6) is 1.69. The van der Waals surface area contributed by atoms with E-state index in [1.807, 2.05) is 36.0 Å². The normalized spacial score (nSPS) is 19.2. The Hall–Kier alpha value is -3.09. The quantitative estimate of drug-likeness (QED) is 0.568. The fourth-order valence-electron chi connectivity index (χ4n) is 3.54. The summed E-state index contributed by atoms with van der Waals surface area (Å²) in [6, 6.07) is 12.2. The smallest absolute Gasteiger partial charge is 0.177 e. The highest BCUT2D eigenvalue weighted by atomic mass is 15.4. The molecule has 2 unspecified atom stereocenters. The molecule has 4 heterocycles. The highest BCUT2D eigenvalue weighted by Gasteiger charge is 2.42. The van der Waals surface area contributed by atoms with Crippen LogP contribution in [0.25, 0.3) is 17.0 Å². The third kappa shape index (κ3) is 2.39. The Morgan fingerprint density at radius 3 is 2.73 bits per heavy atom. The zero-order valence-electron chi connectivity index (χ0n) is 14.7. The van der Waals surface area contributed by atoms with E-state index in [2.05, 4.69) is 40.3 Å². The summed E-state index contributed by atoms with van der Waals surface area (Å²) in [4.78, 5) is 4.50. The van der Waals surface area contributed by atoms with Gasteiger partial charge in [0.25, 0.3) is 0 Å². The van der Waals surface area contributed by atoms with Gasteiger partial charge in [-0.05, 0) is 50.6 Å². The number of hydrogen-bond donors (Lipinski definition) is 0. The van der Waals surface area contributed by atoms with Crippen LogP contribution in [-0.4, -0.2) is 34.6 Å². The molecule has 7 heteroatoms. The largest absolute Gasteiger partial charge is 0.263 e. The molecule has 1 aliphatic carbocycles. The lowest BCUT2D eigenvalue weighted by Gasteiger charge is -2.04. The van der Waals surface area contributed by atoms with E-state index in [-0.39, 0.29) is 0 Å². The molecule has 0 aliphatic heterocycles. The summed E-state index contributed by atoms with van der Waals surface area (Å²) in [7, 11) is 0. The van der Waals surface area contributed by atoms with Crippen molar-refractivity contribution in [2.75, 3.05) is 0 Å². The second-order valence-electron chi connectivity index (χ2n) is 6.71. The summed E-state index contributed by atoms with van der Waals surface area (Å²) >= 11 is 0. The maximum atomic E-state index is 4.84. The Morgan fingerprint density at radius 2 is 1.92 bits per heavy atom. The van der Waals surface area contributed by atoms with Gasteiger partial charge in [-0.2, -0.15) is 14.7 Å². The first-order valence-electron chi connectivity index (χ1n) is 8.92. The number of aryl methyl sites for hydroxylation is 2. The van der Waals surface area contributed by atoms with E-state index in [0.29, 0.717) is 11.8 Å². The molecule has 0 amide bonds. The summed E-state index contributed by atoms with van der Waals surface area (Å²) < 4.78 is 3.80. The Kier molecular flexibility index (Phi) is 3.34. The molecule has 2 atom stereocenters. The van der Waals surface area contributed by atoms with Gasteiger partial charge < -0.3 is 0 Å². The fraction of sp³-hybridized carbons (Fsp3) is 0.316. The Bertz CT molecular complexity index is 1080. The second kappa shape index (κ2) is 5.72. The van der Waals surface area contributed by atoms with E-state index in [1.165, 1.54) is 0 Å². The SMILES string of the molecule is CCn1nc(C2CC2c2ccccn2)cc1-c1ccc2nnc(C)n2n1. The van der Waals surface area contributed by atoms with Crippen LogP contribution in [0.3, 0.4) is 0 Å². The minimum atomic E-state index is 0.442. The van der Waals surface area contributed by atoms with Crippen molar-refractivity contribution in [3.63, 3.8) is 0 Å². The number of rotatable bonds is 4. The van der Waals surface area contributed by atoms with Crippen LogP contribution in [0, 0.1) is 6.92 Å². The molecule has 1 fully saturated rings. The minimum absolute atomic E-state index is 0.442. The maximum Gasteiger partial charge on any atom is 0.177 e. The van der Waals surface area contributed by atoms with Gasteiger partial charge in [0.05, 0.1) is 11.4 Å². The zero-order valence-corrected chi connectivity index (χ0v) is 14.7. The lowest BCUT2D eigenvalue weighted by molar-refractivity contribution is 0.649. The van der Waals surface area contributed by atoms with Crippen LogP contribution in [0.5, 0.6) is 0 Å². The molecule has 0 radical (unpaired) electrons. The molecule has 5 rings (SSSR count). The molecule has 26 heavy (non-hydrogen) atoms. The van der Waals surface area contributed by atoms with Crippen LogP contribution in [0.15, 0.2) is 42.6 Å². The van der Waals surface area contributed by atoms with E-state index < -0.39 is 0 Å². The topological polar surface area (TPSA) is 73.8 Å². The van der Waals surface area contributed by atoms with Crippen molar-refractivity contribution in [2.24, 2.45) is 0 Å². The molecule has 0 bridgehead atoms. The molecule has 0 N–H and O–H groups in total. The number of nitrogens with zero attached hydrogens (tertiary/aromatic N) is 7. The third-order valence-corrected chi connectivity index (χ3v) is 5.02. The van der Waals surface area contributed by atoms with Gasteiger partial charge in [0.1, 0.15) is 5.69 Å². The monoisotopic (exact) mass is 345 g/mol. The predicted molar refractivity (Wildman–Crippen MR) is 96.8 cm³/mol. The Balaban J connectivity index is 1.51. The van der Waals surface area contributed by atoms with Crippen LogP contribution < -0.4 is 0 Å². The maximum absolute atomic E-state index is 4.84. The van der Waals surface area contributed by atoms with Gasteiger partial charge in [-0.3, -0.25) is 9.67 Å². The van der Waals surface area contributed by atoms with Crippen molar-refractivity contribution in [2.45, 2.75) is 38.6 Å². The molecule has 4 aromatic heterocycles. The second-order valence-corrected chi connectivity index (χ2v) is 6.71. The number of hydrogen-bond acceptors (Lipinski definition) is 5. The average molecular weight is 345 g/mol. The van der Waals surface area contributed by atoms with Crippen LogP contribution >= 0.6 is 0 Å².